The Hall–Kier alpha value is -0.890. The van der Waals surface area contributed by atoms with E-state index in [9.17, 15) is 4.39 Å². The topological polar surface area (TPSA) is 12.0 Å². The molecule has 0 heterocycles. The minimum Gasteiger partial charge on any atom is -0.319 e. The van der Waals surface area contributed by atoms with E-state index in [2.05, 4.69) is 5.32 Å². The highest BCUT2D eigenvalue weighted by molar-refractivity contribution is 5.44. The SMILES string of the molecule is CNCC1CC2(CCC2)c2ccc(F)cc21. The van der Waals surface area contributed by atoms with Crippen molar-refractivity contribution in [3.63, 3.8) is 0 Å². The van der Waals surface area contributed by atoms with Gasteiger partial charge in [0.05, 0.1) is 0 Å². The van der Waals surface area contributed by atoms with Crippen LogP contribution in [0.5, 0.6) is 0 Å². The zero-order valence-corrected chi connectivity index (χ0v) is 9.72. The first-order valence-corrected chi connectivity index (χ1v) is 6.20. The van der Waals surface area contributed by atoms with Crippen molar-refractivity contribution in [1.82, 2.24) is 5.32 Å². The summed E-state index contributed by atoms with van der Waals surface area (Å²) in [7, 11) is 1.98. The van der Waals surface area contributed by atoms with Crippen LogP contribution in [0.15, 0.2) is 18.2 Å². The van der Waals surface area contributed by atoms with Gasteiger partial charge in [0.25, 0.3) is 0 Å². The predicted octanol–water partition coefficient (Wildman–Crippen LogP) is 2.95. The van der Waals surface area contributed by atoms with E-state index in [-0.39, 0.29) is 5.82 Å². The van der Waals surface area contributed by atoms with E-state index in [1.807, 2.05) is 13.1 Å². The summed E-state index contributed by atoms with van der Waals surface area (Å²) < 4.78 is 13.3. The molecule has 1 atom stereocenters. The van der Waals surface area contributed by atoms with Crippen molar-refractivity contribution in [2.75, 3.05) is 13.6 Å². The quantitative estimate of drug-likeness (QED) is 0.806. The number of fused-ring (bicyclic) bond motifs is 2. The molecule has 0 saturated heterocycles. The summed E-state index contributed by atoms with van der Waals surface area (Å²) in [4.78, 5) is 0. The molecule has 2 aliphatic carbocycles. The third kappa shape index (κ3) is 1.32. The largest absolute Gasteiger partial charge is 0.319 e. The molecule has 1 unspecified atom stereocenters. The van der Waals surface area contributed by atoms with Gasteiger partial charge >= 0.3 is 0 Å². The van der Waals surface area contributed by atoms with E-state index >= 15 is 0 Å². The summed E-state index contributed by atoms with van der Waals surface area (Å²) in [5, 5.41) is 3.23. The molecule has 0 aliphatic heterocycles. The Bertz CT molecular complexity index is 409. The number of rotatable bonds is 2. The molecule has 3 rings (SSSR count). The maximum absolute atomic E-state index is 13.3. The molecule has 1 saturated carbocycles. The lowest BCUT2D eigenvalue weighted by atomic mass is 9.65. The summed E-state index contributed by atoms with van der Waals surface area (Å²) in [5.41, 5.74) is 3.10. The summed E-state index contributed by atoms with van der Waals surface area (Å²) in [6, 6.07) is 5.41. The van der Waals surface area contributed by atoms with Crippen LogP contribution in [0.2, 0.25) is 0 Å². The highest BCUT2D eigenvalue weighted by Gasteiger charge is 2.47. The molecular formula is C14H18FN. The number of hydrogen-bond acceptors (Lipinski definition) is 1. The lowest BCUT2D eigenvalue weighted by Gasteiger charge is -2.39. The molecule has 86 valence electrons. The van der Waals surface area contributed by atoms with Crippen LogP contribution in [-0.2, 0) is 5.41 Å². The number of halogens is 1. The first-order chi connectivity index (χ1) is 7.75. The molecule has 1 fully saturated rings. The molecule has 0 aromatic heterocycles. The Labute approximate surface area is 96.1 Å². The Morgan fingerprint density at radius 2 is 2.25 bits per heavy atom. The highest BCUT2D eigenvalue weighted by Crippen LogP contribution is 2.56. The maximum atomic E-state index is 13.3. The van der Waals surface area contributed by atoms with E-state index in [1.165, 1.54) is 36.8 Å². The van der Waals surface area contributed by atoms with E-state index in [1.54, 1.807) is 12.1 Å². The van der Waals surface area contributed by atoms with Crippen molar-refractivity contribution in [3.8, 4) is 0 Å². The lowest BCUT2D eigenvalue weighted by molar-refractivity contribution is 0.232. The minimum atomic E-state index is -0.0868. The van der Waals surface area contributed by atoms with Crippen molar-refractivity contribution >= 4 is 0 Å². The van der Waals surface area contributed by atoms with E-state index in [0.29, 0.717) is 11.3 Å². The van der Waals surface area contributed by atoms with Gasteiger partial charge in [-0.1, -0.05) is 12.5 Å². The molecule has 1 spiro atoms. The molecular weight excluding hydrogens is 201 g/mol. The Morgan fingerprint density at radius 1 is 1.44 bits per heavy atom. The predicted molar refractivity (Wildman–Crippen MR) is 63.2 cm³/mol. The van der Waals surface area contributed by atoms with E-state index in [4.69, 9.17) is 0 Å². The summed E-state index contributed by atoms with van der Waals surface area (Å²) >= 11 is 0. The molecule has 1 N–H and O–H groups in total. The van der Waals surface area contributed by atoms with Gasteiger partial charge in [-0.3, -0.25) is 0 Å². The Kier molecular flexibility index (Phi) is 2.28. The van der Waals surface area contributed by atoms with Gasteiger partial charge in [0.2, 0.25) is 0 Å². The van der Waals surface area contributed by atoms with E-state index in [0.717, 1.165) is 6.54 Å². The average Bonchev–Trinajstić information content (AvgIpc) is 2.53. The van der Waals surface area contributed by atoms with Crippen molar-refractivity contribution in [2.45, 2.75) is 37.0 Å². The number of hydrogen-bond donors (Lipinski definition) is 1. The second-order valence-electron chi connectivity index (χ2n) is 5.32. The van der Waals surface area contributed by atoms with Gasteiger partial charge in [0.1, 0.15) is 5.82 Å². The van der Waals surface area contributed by atoms with Crippen molar-refractivity contribution < 1.29 is 4.39 Å². The molecule has 0 radical (unpaired) electrons. The van der Waals surface area contributed by atoms with Gasteiger partial charge in [-0.25, -0.2) is 4.39 Å². The summed E-state index contributed by atoms with van der Waals surface area (Å²) in [6.07, 6.45) is 5.15. The Balaban J connectivity index is 2.03. The van der Waals surface area contributed by atoms with Crippen molar-refractivity contribution in [3.05, 3.63) is 35.1 Å². The van der Waals surface area contributed by atoms with Crippen LogP contribution in [-0.4, -0.2) is 13.6 Å². The third-order valence-electron chi connectivity index (χ3n) is 4.42. The van der Waals surface area contributed by atoms with E-state index < -0.39 is 0 Å². The zero-order chi connectivity index (χ0) is 11.2. The number of nitrogens with one attached hydrogen (secondary N) is 1. The maximum Gasteiger partial charge on any atom is 0.123 e. The second-order valence-corrected chi connectivity index (χ2v) is 5.32. The van der Waals surface area contributed by atoms with Crippen LogP contribution in [0.1, 0.15) is 42.7 Å². The van der Waals surface area contributed by atoms with Crippen molar-refractivity contribution in [2.24, 2.45) is 0 Å². The van der Waals surface area contributed by atoms with Gasteiger partial charge < -0.3 is 5.32 Å². The first-order valence-electron chi connectivity index (χ1n) is 6.20. The molecule has 1 aromatic carbocycles. The van der Waals surface area contributed by atoms with Crippen LogP contribution in [0.25, 0.3) is 0 Å². The minimum absolute atomic E-state index is 0.0868. The fourth-order valence-corrected chi connectivity index (χ4v) is 3.55. The highest BCUT2D eigenvalue weighted by atomic mass is 19.1. The van der Waals surface area contributed by atoms with Crippen LogP contribution >= 0.6 is 0 Å². The van der Waals surface area contributed by atoms with Crippen LogP contribution in [0.4, 0.5) is 4.39 Å². The second kappa shape index (κ2) is 3.56. The molecule has 1 nitrogen and oxygen atoms in total. The van der Waals surface area contributed by atoms with Gasteiger partial charge in [0, 0.05) is 6.54 Å². The van der Waals surface area contributed by atoms with Crippen LogP contribution in [0, 0.1) is 5.82 Å². The van der Waals surface area contributed by atoms with Gasteiger partial charge in [-0.05, 0) is 60.9 Å². The molecule has 0 bridgehead atoms. The van der Waals surface area contributed by atoms with Crippen LogP contribution in [0.3, 0.4) is 0 Å². The fourth-order valence-electron chi connectivity index (χ4n) is 3.55. The molecule has 16 heavy (non-hydrogen) atoms. The standard InChI is InChI=1S/C14H18FN/c1-16-9-10-8-14(5-2-6-14)13-4-3-11(15)7-12(10)13/h3-4,7,10,16H,2,5-6,8-9H2,1H3. The van der Waals surface area contributed by atoms with Crippen molar-refractivity contribution in [1.29, 1.82) is 0 Å². The van der Waals surface area contributed by atoms with Gasteiger partial charge in [-0.2, -0.15) is 0 Å². The first kappa shape index (κ1) is 10.3. The van der Waals surface area contributed by atoms with Gasteiger partial charge in [0.15, 0.2) is 0 Å². The average molecular weight is 219 g/mol. The third-order valence-corrected chi connectivity index (χ3v) is 4.42. The fraction of sp³-hybridized carbons (Fsp3) is 0.571. The number of likely N-dealkylation sites (N-methyl/N-ethyl adjacent to an activating group) is 1. The summed E-state index contributed by atoms with van der Waals surface area (Å²) in [5.74, 6) is 0.423. The lowest BCUT2D eigenvalue weighted by Crippen LogP contribution is -2.32. The summed E-state index contributed by atoms with van der Waals surface area (Å²) in [6.45, 7) is 0.970. The smallest absolute Gasteiger partial charge is 0.123 e. The monoisotopic (exact) mass is 219 g/mol. The zero-order valence-electron chi connectivity index (χ0n) is 9.72. The van der Waals surface area contributed by atoms with Crippen LogP contribution < -0.4 is 5.32 Å². The molecule has 0 amide bonds. The number of benzene rings is 1. The molecule has 2 aliphatic rings. The molecule has 1 aromatic rings. The Morgan fingerprint density at radius 3 is 2.88 bits per heavy atom. The van der Waals surface area contributed by atoms with Gasteiger partial charge in [-0.15, -0.1) is 0 Å². The normalized spacial score (nSPS) is 25.5. The molecule has 2 heteroatoms.